The summed E-state index contributed by atoms with van der Waals surface area (Å²) in [5, 5.41) is 4.27. The molecule has 2 aromatic rings. The van der Waals surface area contributed by atoms with E-state index < -0.39 is 0 Å². The number of rotatable bonds is 3. The van der Waals surface area contributed by atoms with E-state index in [9.17, 15) is 4.79 Å². The lowest BCUT2D eigenvalue weighted by Crippen LogP contribution is -2.15. The molecule has 1 N–H and O–H groups in total. The average molecular weight is 361 g/mol. The number of alkyl halides is 2. The maximum absolute atomic E-state index is 11.8. The molecule has 17 heavy (non-hydrogen) atoms. The van der Waals surface area contributed by atoms with Gasteiger partial charge in [0.05, 0.1) is 10.5 Å². The molecule has 2 unspecified atom stereocenters. The normalized spacial score (nSPS) is 14.5. The van der Waals surface area contributed by atoms with Crippen molar-refractivity contribution in [2.45, 2.75) is 16.6 Å². The maximum atomic E-state index is 11.8. The van der Waals surface area contributed by atoms with Crippen LogP contribution in [0.4, 0.5) is 0 Å². The van der Waals surface area contributed by atoms with Gasteiger partial charge in [0.1, 0.15) is 5.82 Å². The van der Waals surface area contributed by atoms with Crippen molar-refractivity contribution < 1.29 is 0 Å². The zero-order chi connectivity index (χ0) is 12.4. The van der Waals surface area contributed by atoms with Gasteiger partial charge in [0.2, 0.25) is 0 Å². The van der Waals surface area contributed by atoms with Crippen molar-refractivity contribution in [3.63, 3.8) is 0 Å². The number of nitrogens with zero attached hydrogens (tertiary/aromatic N) is 2. The van der Waals surface area contributed by atoms with Crippen LogP contribution in [0.1, 0.15) is 17.6 Å². The molecule has 1 aromatic heterocycles. The van der Waals surface area contributed by atoms with Gasteiger partial charge in [0.25, 0.3) is 0 Å². The third-order valence-electron chi connectivity index (χ3n) is 2.30. The van der Waals surface area contributed by atoms with Gasteiger partial charge < -0.3 is 0 Å². The van der Waals surface area contributed by atoms with Crippen LogP contribution in [0, 0.1) is 0 Å². The highest BCUT2D eigenvalue weighted by atomic mass is 79.9. The van der Waals surface area contributed by atoms with Crippen molar-refractivity contribution in [2.24, 2.45) is 0 Å². The first-order valence-electron chi connectivity index (χ1n) is 5.12. The van der Waals surface area contributed by atoms with Crippen molar-refractivity contribution in [2.75, 3.05) is 0 Å². The van der Waals surface area contributed by atoms with Gasteiger partial charge in [0, 0.05) is 4.83 Å². The third kappa shape index (κ3) is 2.69. The fraction of sp³-hybridized carbons (Fsp3) is 0.273. The molecule has 0 aliphatic rings. The van der Waals surface area contributed by atoms with Crippen LogP contribution in [0.5, 0.6) is 0 Å². The van der Waals surface area contributed by atoms with Gasteiger partial charge in [-0.1, -0.05) is 57.0 Å². The van der Waals surface area contributed by atoms with E-state index in [-0.39, 0.29) is 15.3 Å². The Morgan fingerprint density at radius 3 is 2.53 bits per heavy atom. The summed E-state index contributed by atoms with van der Waals surface area (Å²) in [5.41, 5.74) is 0.519. The first-order chi connectivity index (χ1) is 8.09. The lowest BCUT2D eigenvalue weighted by molar-refractivity contribution is 0.797. The number of halogens is 2. The first kappa shape index (κ1) is 12.6. The standard InChI is InChI=1S/C11H11Br2N3O/c1-7(12)9(13)10-14-11(17)16(15-10)8-5-3-2-4-6-8/h2-7,9H,1H3,(H,14,15,17). The molecule has 0 bridgehead atoms. The highest BCUT2D eigenvalue weighted by Crippen LogP contribution is 2.27. The predicted molar refractivity (Wildman–Crippen MR) is 74.2 cm³/mol. The van der Waals surface area contributed by atoms with E-state index in [2.05, 4.69) is 41.9 Å². The SMILES string of the molecule is CC(Br)C(Br)c1nn(-c2ccccc2)c(=O)[nH]1. The Kier molecular flexibility index (Phi) is 3.83. The Morgan fingerprint density at radius 1 is 1.29 bits per heavy atom. The van der Waals surface area contributed by atoms with E-state index in [4.69, 9.17) is 0 Å². The molecule has 4 nitrogen and oxygen atoms in total. The topological polar surface area (TPSA) is 50.7 Å². The van der Waals surface area contributed by atoms with E-state index >= 15 is 0 Å². The van der Waals surface area contributed by atoms with Crippen LogP contribution in [0.3, 0.4) is 0 Å². The number of hydrogen-bond acceptors (Lipinski definition) is 2. The average Bonchev–Trinajstić information content (AvgIpc) is 2.71. The molecule has 0 spiro atoms. The number of H-pyrrole nitrogens is 1. The van der Waals surface area contributed by atoms with Gasteiger partial charge in [-0.25, -0.2) is 4.79 Å². The van der Waals surface area contributed by atoms with Crippen LogP contribution in [-0.2, 0) is 0 Å². The molecule has 1 aromatic carbocycles. The van der Waals surface area contributed by atoms with E-state index in [1.165, 1.54) is 4.68 Å². The van der Waals surface area contributed by atoms with Gasteiger partial charge in [-0.15, -0.1) is 5.10 Å². The molecule has 2 rings (SSSR count). The summed E-state index contributed by atoms with van der Waals surface area (Å²) >= 11 is 6.93. The Bertz CT molecular complexity index is 547. The third-order valence-corrected chi connectivity index (χ3v) is 4.77. The molecule has 0 fully saturated rings. The molecule has 0 aliphatic heterocycles. The van der Waals surface area contributed by atoms with Crippen LogP contribution < -0.4 is 5.69 Å². The second-order valence-electron chi connectivity index (χ2n) is 3.64. The molecule has 6 heteroatoms. The highest BCUT2D eigenvalue weighted by molar-refractivity contribution is 9.12. The van der Waals surface area contributed by atoms with Crippen LogP contribution in [0.2, 0.25) is 0 Å². The second-order valence-corrected chi connectivity index (χ2v) is 6.07. The fourth-order valence-electron chi connectivity index (χ4n) is 1.43. The Hall–Kier alpha value is -0.880. The van der Waals surface area contributed by atoms with Crippen molar-refractivity contribution in [3.8, 4) is 5.69 Å². The molecule has 1 heterocycles. The van der Waals surface area contributed by atoms with Crippen molar-refractivity contribution in [1.82, 2.24) is 14.8 Å². The number of nitrogens with one attached hydrogen (secondary N) is 1. The summed E-state index contributed by atoms with van der Waals surface area (Å²) in [7, 11) is 0. The molecule has 2 atom stereocenters. The van der Waals surface area contributed by atoms with Crippen LogP contribution in [0.15, 0.2) is 35.1 Å². The summed E-state index contributed by atoms with van der Waals surface area (Å²) in [6, 6.07) is 9.32. The maximum Gasteiger partial charge on any atom is 0.348 e. The fourth-order valence-corrected chi connectivity index (χ4v) is 1.88. The minimum absolute atomic E-state index is 0.0276. The highest BCUT2D eigenvalue weighted by Gasteiger charge is 2.18. The van der Waals surface area contributed by atoms with Crippen LogP contribution >= 0.6 is 31.9 Å². The summed E-state index contributed by atoms with van der Waals surface area (Å²) in [6.07, 6.45) is 0. The molecule has 0 amide bonds. The van der Waals surface area contributed by atoms with E-state index in [1.54, 1.807) is 0 Å². The van der Waals surface area contributed by atoms with Gasteiger partial charge in [-0.2, -0.15) is 4.68 Å². The summed E-state index contributed by atoms with van der Waals surface area (Å²) < 4.78 is 1.36. The van der Waals surface area contributed by atoms with E-state index in [0.29, 0.717) is 5.82 Å². The minimum Gasteiger partial charge on any atom is -0.291 e. The van der Waals surface area contributed by atoms with Crippen LogP contribution in [0.25, 0.3) is 5.69 Å². The van der Waals surface area contributed by atoms with Crippen molar-refractivity contribution >= 4 is 31.9 Å². The van der Waals surface area contributed by atoms with Gasteiger partial charge in [0.15, 0.2) is 0 Å². The molecule has 0 saturated heterocycles. The molecule has 0 aliphatic carbocycles. The largest absolute Gasteiger partial charge is 0.348 e. The first-order valence-corrected chi connectivity index (χ1v) is 6.95. The van der Waals surface area contributed by atoms with E-state index in [1.807, 2.05) is 37.3 Å². The Balaban J connectivity index is 2.42. The van der Waals surface area contributed by atoms with Crippen LogP contribution in [-0.4, -0.2) is 19.6 Å². The zero-order valence-corrected chi connectivity index (χ0v) is 12.3. The Labute approximate surface area is 115 Å². The molecular weight excluding hydrogens is 350 g/mol. The number of benzene rings is 1. The lowest BCUT2D eigenvalue weighted by atomic mass is 10.3. The minimum atomic E-state index is -0.233. The van der Waals surface area contributed by atoms with Gasteiger partial charge in [-0.3, -0.25) is 4.98 Å². The molecular formula is C11H11Br2N3O. The summed E-state index contributed by atoms with van der Waals surface area (Å²) in [6.45, 7) is 1.99. The van der Waals surface area contributed by atoms with Crippen molar-refractivity contribution in [1.29, 1.82) is 0 Å². The lowest BCUT2D eigenvalue weighted by Gasteiger charge is -2.07. The number of para-hydroxylation sites is 1. The smallest absolute Gasteiger partial charge is 0.291 e. The molecule has 90 valence electrons. The zero-order valence-electron chi connectivity index (χ0n) is 9.10. The number of hydrogen-bond donors (Lipinski definition) is 1. The van der Waals surface area contributed by atoms with Gasteiger partial charge in [-0.05, 0) is 12.1 Å². The molecule has 0 saturated carbocycles. The summed E-state index contributed by atoms with van der Waals surface area (Å²) in [5.74, 6) is 0.614. The monoisotopic (exact) mass is 359 g/mol. The Morgan fingerprint density at radius 2 is 1.94 bits per heavy atom. The predicted octanol–water partition coefficient (Wildman–Crippen LogP) is 2.78. The second kappa shape index (κ2) is 5.18. The number of aromatic amines is 1. The molecule has 0 radical (unpaired) electrons. The number of aromatic nitrogens is 3. The van der Waals surface area contributed by atoms with Crippen molar-refractivity contribution in [3.05, 3.63) is 46.6 Å². The quantitative estimate of drug-likeness (QED) is 0.855. The summed E-state index contributed by atoms with van der Waals surface area (Å²) in [4.78, 5) is 14.7. The van der Waals surface area contributed by atoms with Gasteiger partial charge >= 0.3 is 5.69 Å². The van der Waals surface area contributed by atoms with E-state index in [0.717, 1.165) is 5.69 Å².